The molecule has 0 bridgehead atoms. The third-order valence-electron chi connectivity index (χ3n) is 2.59. The zero-order chi connectivity index (χ0) is 7.52. The maximum absolute atomic E-state index is 3.52. The van der Waals surface area contributed by atoms with Gasteiger partial charge in [0, 0.05) is 6.04 Å². The van der Waals surface area contributed by atoms with Crippen molar-refractivity contribution in [3.63, 3.8) is 0 Å². The van der Waals surface area contributed by atoms with E-state index in [9.17, 15) is 0 Å². The monoisotopic (exact) mass is 151 g/mol. The molecule has 1 heterocycles. The Hall–Kier alpha value is -0.300. The van der Waals surface area contributed by atoms with Crippen molar-refractivity contribution in [2.75, 3.05) is 6.54 Å². The molecule has 1 heteroatoms. The van der Waals surface area contributed by atoms with Gasteiger partial charge in [-0.25, -0.2) is 0 Å². The van der Waals surface area contributed by atoms with E-state index >= 15 is 0 Å². The van der Waals surface area contributed by atoms with Crippen LogP contribution in [0, 0.1) is 5.92 Å². The predicted octanol–water partition coefficient (Wildman–Crippen LogP) is 2.09. The molecule has 0 amide bonds. The second-order valence-corrected chi connectivity index (χ2v) is 3.78. The molecule has 0 spiro atoms. The maximum atomic E-state index is 3.52. The molecular formula is C10H17N. The van der Waals surface area contributed by atoms with Crippen molar-refractivity contribution in [2.45, 2.75) is 38.1 Å². The normalized spacial score (nSPS) is 32.9. The van der Waals surface area contributed by atoms with Crippen LogP contribution in [0.2, 0.25) is 0 Å². The molecule has 2 fully saturated rings. The topological polar surface area (TPSA) is 12.0 Å². The average Bonchev–Trinajstić information content (AvgIpc) is 2.86. The molecule has 2 rings (SSSR count). The van der Waals surface area contributed by atoms with E-state index in [-0.39, 0.29) is 0 Å². The summed E-state index contributed by atoms with van der Waals surface area (Å²) in [6.07, 6.45) is 11.8. The fourth-order valence-electron chi connectivity index (χ4n) is 1.62. The molecule has 1 unspecified atom stereocenters. The van der Waals surface area contributed by atoms with E-state index in [0.717, 1.165) is 5.92 Å². The Kier molecular flexibility index (Phi) is 2.27. The Morgan fingerprint density at radius 1 is 1.00 bits per heavy atom. The zero-order valence-electron chi connectivity index (χ0n) is 7.05. The molecule has 0 aromatic rings. The van der Waals surface area contributed by atoms with Gasteiger partial charge in [0.25, 0.3) is 0 Å². The fraction of sp³-hybridized carbons (Fsp3) is 0.800. The quantitative estimate of drug-likeness (QED) is 0.596. The second-order valence-electron chi connectivity index (χ2n) is 3.78. The minimum Gasteiger partial charge on any atom is -0.311 e. The highest BCUT2D eigenvalue weighted by atomic mass is 14.9. The van der Waals surface area contributed by atoms with Crippen LogP contribution >= 0.6 is 0 Å². The molecule has 0 radical (unpaired) electrons. The average molecular weight is 151 g/mol. The fourth-order valence-corrected chi connectivity index (χ4v) is 1.62. The predicted molar refractivity (Wildman–Crippen MR) is 47.5 cm³/mol. The second kappa shape index (κ2) is 3.40. The molecule has 1 aliphatic carbocycles. The molecule has 0 aromatic carbocycles. The van der Waals surface area contributed by atoms with Gasteiger partial charge in [-0.05, 0) is 38.1 Å². The van der Waals surface area contributed by atoms with Crippen LogP contribution in [-0.4, -0.2) is 12.6 Å². The van der Waals surface area contributed by atoms with Crippen molar-refractivity contribution < 1.29 is 0 Å². The summed E-state index contributed by atoms with van der Waals surface area (Å²) in [6.45, 7) is 1.22. The zero-order valence-corrected chi connectivity index (χ0v) is 7.05. The highest BCUT2D eigenvalue weighted by molar-refractivity contribution is 5.01. The van der Waals surface area contributed by atoms with Gasteiger partial charge in [0.2, 0.25) is 0 Å². The van der Waals surface area contributed by atoms with Crippen molar-refractivity contribution >= 4 is 0 Å². The van der Waals surface area contributed by atoms with E-state index in [1.165, 1.54) is 38.6 Å². The third kappa shape index (κ3) is 2.33. The number of allylic oxidation sites excluding steroid dienone is 1. The lowest BCUT2D eigenvalue weighted by Crippen LogP contribution is -2.32. The van der Waals surface area contributed by atoms with Crippen molar-refractivity contribution in [2.24, 2.45) is 5.92 Å². The standard InChI is InChI=1S/C10H17N/c1-2-8-11-10(3-1)7-6-9-4-5-9/h6-7,9-11H,1-5,8H2/b7-6+. The molecule has 1 nitrogen and oxygen atoms in total. The minimum atomic E-state index is 0.698. The summed E-state index contributed by atoms with van der Waals surface area (Å²) in [6, 6.07) is 0.698. The van der Waals surface area contributed by atoms with Crippen LogP contribution in [-0.2, 0) is 0 Å². The first-order chi connectivity index (χ1) is 5.45. The number of hydrogen-bond acceptors (Lipinski definition) is 1. The molecule has 62 valence electrons. The molecule has 2 aliphatic rings. The number of piperidine rings is 1. The van der Waals surface area contributed by atoms with Crippen LogP contribution in [0.5, 0.6) is 0 Å². The van der Waals surface area contributed by atoms with Crippen LogP contribution in [0.1, 0.15) is 32.1 Å². The molecule has 1 saturated heterocycles. The van der Waals surface area contributed by atoms with Gasteiger partial charge in [-0.3, -0.25) is 0 Å². The van der Waals surface area contributed by atoms with E-state index in [2.05, 4.69) is 17.5 Å². The van der Waals surface area contributed by atoms with Crippen LogP contribution in [0.4, 0.5) is 0 Å². The van der Waals surface area contributed by atoms with Crippen LogP contribution < -0.4 is 5.32 Å². The first-order valence-corrected chi connectivity index (χ1v) is 4.87. The Labute approximate surface area is 68.9 Å². The van der Waals surface area contributed by atoms with Crippen molar-refractivity contribution in [1.29, 1.82) is 0 Å². The van der Waals surface area contributed by atoms with Crippen LogP contribution in [0.15, 0.2) is 12.2 Å². The van der Waals surface area contributed by atoms with E-state index in [1.54, 1.807) is 0 Å². The lowest BCUT2D eigenvalue weighted by Gasteiger charge is -2.19. The summed E-state index contributed by atoms with van der Waals surface area (Å²) >= 11 is 0. The van der Waals surface area contributed by atoms with Gasteiger partial charge in [-0.1, -0.05) is 18.6 Å². The Balaban J connectivity index is 1.74. The first kappa shape index (κ1) is 7.35. The number of rotatable bonds is 2. The van der Waals surface area contributed by atoms with Crippen LogP contribution in [0.3, 0.4) is 0 Å². The van der Waals surface area contributed by atoms with Gasteiger partial charge < -0.3 is 5.32 Å². The van der Waals surface area contributed by atoms with E-state index < -0.39 is 0 Å². The van der Waals surface area contributed by atoms with Gasteiger partial charge in [0.1, 0.15) is 0 Å². The summed E-state index contributed by atoms with van der Waals surface area (Å²) in [5, 5.41) is 3.52. The molecule has 0 aromatic heterocycles. The summed E-state index contributed by atoms with van der Waals surface area (Å²) in [5.41, 5.74) is 0. The SMILES string of the molecule is C(=C\C1CCCCN1)/C1CC1. The van der Waals surface area contributed by atoms with Crippen LogP contribution in [0.25, 0.3) is 0 Å². The van der Waals surface area contributed by atoms with Gasteiger partial charge >= 0.3 is 0 Å². The highest BCUT2D eigenvalue weighted by Gasteiger charge is 2.18. The van der Waals surface area contributed by atoms with Gasteiger partial charge in [-0.2, -0.15) is 0 Å². The largest absolute Gasteiger partial charge is 0.311 e. The van der Waals surface area contributed by atoms with Gasteiger partial charge in [0.05, 0.1) is 0 Å². The minimum absolute atomic E-state index is 0.698. The summed E-state index contributed by atoms with van der Waals surface area (Å²) in [7, 11) is 0. The Bertz CT molecular complexity index is 141. The van der Waals surface area contributed by atoms with Gasteiger partial charge in [-0.15, -0.1) is 0 Å². The Morgan fingerprint density at radius 2 is 1.91 bits per heavy atom. The molecule has 1 aliphatic heterocycles. The summed E-state index contributed by atoms with van der Waals surface area (Å²) < 4.78 is 0. The summed E-state index contributed by atoms with van der Waals surface area (Å²) in [5.74, 6) is 0.943. The maximum Gasteiger partial charge on any atom is 0.0250 e. The highest BCUT2D eigenvalue weighted by Crippen LogP contribution is 2.30. The lowest BCUT2D eigenvalue weighted by molar-refractivity contribution is 0.453. The van der Waals surface area contributed by atoms with Gasteiger partial charge in [0.15, 0.2) is 0 Å². The summed E-state index contributed by atoms with van der Waals surface area (Å²) in [4.78, 5) is 0. The lowest BCUT2D eigenvalue weighted by atomic mass is 10.0. The Morgan fingerprint density at radius 3 is 2.55 bits per heavy atom. The van der Waals surface area contributed by atoms with E-state index in [4.69, 9.17) is 0 Å². The number of hydrogen-bond donors (Lipinski definition) is 1. The van der Waals surface area contributed by atoms with E-state index in [1.807, 2.05) is 0 Å². The molecule has 1 saturated carbocycles. The molecule has 1 N–H and O–H groups in total. The number of nitrogens with one attached hydrogen (secondary N) is 1. The van der Waals surface area contributed by atoms with Crippen molar-refractivity contribution in [1.82, 2.24) is 5.32 Å². The van der Waals surface area contributed by atoms with E-state index in [0.29, 0.717) is 6.04 Å². The third-order valence-corrected chi connectivity index (χ3v) is 2.59. The van der Waals surface area contributed by atoms with Crippen molar-refractivity contribution in [3.05, 3.63) is 12.2 Å². The smallest absolute Gasteiger partial charge is 0.0250 e. The first-order valence-electron chi connectivity index (χ1n) is 4.87. The molecule has 1 atom stereocenters. The molecular weight excluding hydrogens is 134 g/mol. The van der Waals surface area contributed by atoms with Crippen molar-refractivity contribution in [3.8, 4) is 0 Å². The molecule has 11 heavy (non-hydrogen) atoms.